The Kier molecular flexibility index (Phi) is 3.79. The first-order valence-corrected chi connectivity index (χ1v) is 9.86. The fraction of sp³-hybridized carbons (Fsp3) is 0.176. The van der Waals surface area contributed by atoms with E-state index in [0.29, 0.717) is 18.7 Å². The van der Waals surface area contributed by atoms with Gasteiger partial charge in [0.1, 0.15) is 10.0 Å². The number of thiophene rings is 1. The van der Waals surface area contributed by atoms with Gasteiger partial charge in [-0.1, -0.05) is 24.3 Å². The molecule has 0 spiro atoms. The Bertz CT molecular complexity index is 964. The average Bonchev–Trinajstić information content (AvgIpc) is 3.26. The van der Waals surface area contributed by atoms with Crippen molar-refractivity contribution in [3.8, 4) is 0 Å². The highest BCUT2D eigenvalue weighted by molar-refractivity contribution is 7.91. The summed E-state index contributed by atoms with van der Waals surface area (Å²) in [5.74, 6) is -0.400. The number of hydrogen-bond donors (Lipinski definition) is 0. The van der Waals surface area contributed by atoms with E-state index in [1.54, 1.807) is 35.7 Å². The summed E-state index contributed by atoms with van der Waals surface area (Å²) < 4.78 is 44.3. The van der Waals surface area contributed by atoms with Crippen LogP contribution in [0.5, 0.6) is 0 Å². The minimum absolute atomic E-state index is 0.281. The number of sulfonamides is 1. The summed E-state index contributed by atoms with van der Waals surface area (Å²) in [6.07, 6.45) is 1.90. The second kappa shape index (κ2) is 5.84. The average molecular weight is 362 g/mol. The monoisotopic (exact) mass is 362 g/mol. The molecule has 4 nitrogen and oxygen atoms in total. The molecule has 3 aromatic rings. The highest BCUT2D eigenvalue weighted by atomic mass is 32.2. The second-order valence-corrected chi connectivity index (χ2v) is 8.66. The molecule has 0 radical (unpaired) electrons. The van der Waals surface area contributed by atoms with E-state index in [9.17, 15) is 12.8 Å². The third kappa shape index (κ3) is 2.40. The van der Waals surface area contributed by atoms with Gasteiger partial charge in [-0.05, 0) is 29.6 Å². The van der Waals surface area contributed by atoms with E-state index in [2.05, 4.69) is 0 Å². The SMILES string of the molecule is O=S(=O)(c1cccs1)N1CCn2cccc2[C@@H]1c1ccccc1F. The van der Waals surface area contributed by atoms with Crippen LogP contribution in [0.2, 0.25) is 0 Å². The maximum atomic E-state index is 14.5. The van der Waals surface area contributed by atoms with Crippen LogP contribution in [0, 0.1) is 5.82 Å². The minimum atomic E-state index is -3.68. The summed E-state index contributed by atoms with van der Waals surface area (Å²) in [7, 11) is -3.68. The van der Waals surface area contributed by atoms with Gasteiger partial charge < -0.3 is 4.57 Å². The van der Waals surface area contributed by atoms with E-state index in [0.717, 1.165) is 5.69 Å². The molecule has 1 atom stereocenters. The molecule has 7 heteroatoms. The van der Waals surface area contributed by atoms with Gasteiger partial charge in [0.15, 0.2) is 0 Å². The largest absolute Gasteiger partial charge is 0.348 e. The molecule has 2 aromatic heterocycles. The van der Waals surface area contributed by atoms with Crippen molar-refractivity contribution in [3.05, 3.63) is 77.2 Å². The topological polar surface area (TPSA) is 42.3 Å². The Balaban J connectivity index is 1.90. The van der Waals surface area contributed by atoms with Crippen molar-refractivity contribution in [3.63, 3.8) is 0 Å². The first-order valence-electron chi connectivity index (χ1n) is 7.54. The number of nitrogens with zero attached hydrogens (tertiary/aromatic N) is 2. The van der Waals surface area contributed by atoms with Crippen molar-refractivity contribution in [1.82, 2.24) is 8.87 Å². The van der Waals surface area contributed by atoms with E-state index in [-0.39, 0.29) is 4.21 Å². The summed E-state index contributed by atoms with van der Waals surface area (Å²) in [6.45, 7) is 0.860. The summed E-state index contributed by atoms with van der Waals surface area (Å²) in [5.41, 5.74) is 1.16. The van der Waals surface area contributed by atoms with Crippen LogP contribution in [0.15, 0.2) is 64.3 Å². The Morgan fingerprint density at radius 1 is 1.04 bits per heavy atom. The number of rotatable bonds is 3. The highest BCUT2D eigenvalue weighted by Gasteiger charge is 2.39. The zero-order valence-electron chi connectivity index (χ0n) is 12.7. The van der Waals surface area contributed by atoms with Crippen molar-refractivity contribution >= 4 is 21.4 Å². The zero-order valence-corrected chi connectivity index (χ0v) is 14.3. The van der Waals surface area contributed by atoms with Crippen LogP contribution >= 0.6 is 11.3 Å². The Morgan fingerprint density at radius 3 is 2.62 bits per heavy atom. The molecule has 0 N–H and O–H groups in total. The molecule has 4 rings (SSSR count). The quantitative estimate of drug-likeness (QED) is 0.716. The van der Waals surface area contributed by atoms with E-state index in [1.807, 2.05) is 22.9 Å². The van der Waals surface area contributed by atoms with Gasteiger partial charge >= 0.3 is 0 Å². The van der Waals surface area contributed by atoms with E-state index >= 15 is 0 Å². The lowest BCUT2D eigenvalue weighted by Crippen LogP contribution is -2.42. The molecular weight excluding hydrogens is 347 g/mol. The van der Waals surface area contributed by atoms with Crippen molar-refractivity contribution in [1.29, 1.82) is 0 Å². The molecule has 0 aliphatic carbocycles. The van der Waals surface area contributed by atoms with Crippen LogP contribution in [0.25, 0.3) is 0 Å². The molecule has 0 unspecified atom stereocenters. The van der Waals surface area contributed by atoms with Crippen molar-refractivity contribution in [2.45, 2.75) is 16.8 Å². The maximum Gasteiger partial charge on any atom is 0.253 e. The first-order chi connectivity index (χ1) is 11.6. The molecular formula is C17H15FN2O2S2. The lowest BCUT2D eigenvalue weighted by atomic mass is 10.0. The number of fused-ring (bicyclic) bond motifs is 1. The molecule has 1 aliphatic heterocycles. The zero-order chi connectivity index (χ0) is 16.7. The second-order valence-electron chi connectivity index (χ2n) is 5.60. The summed E-state index contributed by atoms with van der Waals surface area (Å²) in [4.78, 5) is 0. The lowest BCUT2D eigenvalue weighted by Gasteiger charge is -2.36. The molecule has 1 aromatic carbocycles. The van der Waals surface area contributed by atoms with Gasteiger partial charge in [-0.15, -0.1) is 11.3 Å². The molecule has 3 heterocycles. The van der Waals surface area contributed by atoms with Gasteiger partial charge in [-0.25, -0.2) is 12.8 Å². The fourth-order valence-electron chi connectivity index (χ4n) is 3.16. The fourth-order valence-corrected chi connectivity index (χ4v) is 5.85. The van der Waals surface area contributed by atoms with E-state index in [1.165, 1.54) is 21.7 Å². The van der Waals surface area contributed by atoms with E-state index in [4.69, 9.17) is 0 Å². The van der Waals surface area contributed by atoms with Gasteiger partial charge in [0.05, 0.1) is 6.04 Å². The number of hydrogen-bond acceptors (Lipinski definition) is 3. The number of benzene rings is 1. The van der Waals surface area contributed by atoms with Gasteiger partial charge in [-0.2, -0.15) is 4.31 Å². The van der Waals surface area contributed by atoms with Crippen LogP contribution in [-0.4, -0.2) is 23.8 Å². The Labute approximate surface area is 143 Å². The van der Waals surface area contributed by atoms with Gasteiger partial charge in [-0.3, -0.25) is 0 Å². The number of aromatic nitrogens is 1. The smallest absolute Gasteiger partial charge is 0.253 e. The molecule has 0 saturated carbocycles. The molecule has 1 aliphatic rings. The van der Waals surface area contributed by atoms with Crippen LogP contribution in [-0.2, 0) is 16.6 Å². The van der Waals surface area contributed by atoms with Gasteiger partial charge in [0, 0.05) is 30.5 Å². The molecule has 0 bridgehead atoms. The molecule has 124 valence electrons. The van der Waals surface area contributed by atoms with Gasteiger partial charge in [0.25, 0.3) is 10.0 Å². The molecule has 24 heavy (non-hydrogen) atoms. The predicted octanol–water partition coefficient (Wildman–Crippen LogP) is 3.48. The van der Waals surface area contributed by atoms with Crippen molar-refractivity contribution < 1.29 is 12.8 Å². The van der Waals surface area contributed by atoms with Gasteiger partial charge in [0.2, 0.25) is 0 Å². The standard InChI is InChI=1S/C17H15FN2O2S2/c18-14-6-2-1-5-13(14)17-15-7-3-9-19(15)10-11-20(17)24(21,22)16-8-4-12-23-16/h1-9,12,17H,10-11H2/t17-/m0/s1. The third-order valence-corrected chi connectivity index (χ3v) is 7.49. The Morgan fingerprint density at radius 2 is 1.88 bits per heavy atom. The predicted molar refractivity (Wildman–Crippen MR) is 90.9 cm³/mol. The van der Waals surface area contributed by atoms with Crippen molar-refractivity contribution in [2.24, 2.45) is 0 Å². The minimum Gasteiger partial charge on any atom is -0.348 e. The maximum absolute atomic E-state index is 14.5. The van der Waals surface area contributed by atoms with E-state index < -0.39 is 21.9 Å². The summed E-state index contributed by atoms with van der Waals surface area (Å²) in [6, 6.07) is 12.7. The van der Waals surface area contributed by atoms with Crippen LogP contribution < -0.4 is 0 Å². The summed E-state index contributed by atoms with van der Waals surface area (Å²) >= 11 is 1.18. The highest BCUT2D eigenvalue weighted by Crippen LogP contribution is 2.38. The van der Waals surface area contributed by atoms with Crippen molar-refractivity contribution in [2.75, 3.05) is 6.54 Å². The van der Waals surface area contributed by atoms with Crippen LogP contribution in [0.1, 0.15) is 17.3 Å². The first kappa shape index (κ1) is 15.6. The Hall–Kier alpha value is -1.96. The molecule has 0 amide bonds. The molecule has 0 saturated heterocycles. The third-order valence-electron chi connectivity index (χ3n) is 4.25. The molecule has 0 fully saturated rings. The van der Waals surface area contributed by atoms with Crippen LogP contribution in [0.4, 0.5) is 4.39 Å². The van der Waals surface area contributed by atoms with Crippen LogP contribution in [0.3, 0.4) is 0 Å². The lowest BCUT2D eigenvalue weighted by molar-refractivity contribution is 0.293. The summed E-state index contributed by atoms with van der Waals surface area (Å²) in [5, 5.41) is 1.73. The normalized spacial score (nSPS) is 18.5. The number of halogens is 1.